The molecule has 0 aliphatic rings. The number of hydrogen-bond donors (Lipinski definition) is 3. The molecule has 1 amide bonds. The number of esters is 1. The van der Waals surface area contributed by atoms with E-state index in [1.165, 1.54) is 116 Å². The summed E-state index contributed by atoms with van der Waals surface area (Å²) in [6.07, 6.45) is 28.8. The Bertz CT molecular complexity index is 724. The zero-order chi connectivity index (χ0) is 33.3. The highest BCUT2D eigenvalue weighted by Crippen LogP contribution is 2.42. The van der Waals surface area contributed by atoms with Gasteiger partial charge in [0.2, 0.25) is 5.91 Å². The van der Waals surface area contributed by atoms with Gasteiger partial charge in [-0.25, -0.2) is 4.57 Å². The summed E-state index contributed by atoms with van der Waals surface area (Å²) in [5.41, 5.74) is 0. The van der Waals surface area contributed by atoms with Crippen molar-refractivity contribution in [2.75, 3.05) is 26.4 Å². The van der Waals surface area contributed by atoms with Crippen molar-refractivity contribution in [3.8, 4) is 0 Å². The number of nitrogens with one attached hydrogen (secondary N) is 1. The number of aliphatic hydroxyl groups excluding tert-OH is 1. The van der Waals surface area contributed by atoms with Crippen molar-refractivity contribution < 1.29 is 37.9 Å². The summed E-state index contributed by atoms with van der Waals surface area (Å²) in [5, 5.41) is 12.6. The smallest absolute Gasteiger partial charge is 0.463 e. The van der Waals surface area contributed by atoms with Crippen LogP contribution in [-0.4, -0.2) is 54.3 Å². The molecule has 3 N–H and O–H groups in total. The lowest BCUT2D eigenvalue weighted by Gasteiger charge is -2.15. The van der Waals surface area contributed by atoms with Crippen molar-refractivity contribution in [2.24, 2.45) is 0 Å². The van der Waals surface area contributed by atoms with Crippen LogP contribution in [0.25, 0.3) is 0 Å². The van der Waals surface area contributed by atoms with Crippen LogP contribution in [0.4, 0.5) is 0 Å². The highest BCUT2D eigenvalue weighted by Gasteiger charge is 2.23. The van der Waals surface area contributed by atoms with Gasteiger partial charge >= 0.3 is 13.8 Å². The summed E-state index contributed by atoms with van der Waals surface area (Å²) in [4.78, 5) is 33.7. The van der Waals surface area contributed by atoms with E-state index in [-0.39, 0.29) is 32.1 Å². The Hall–Kier alpha value is -0.990. The Morgan fingerprint density at radius 2 is 1.00 bits per heavy atom. The minimum absolute atomic E-state index is 0.0876. The van der Waals surface area contributed by atoms with E-state index in [1.807, 2.05) is 0 Å². The van der Waals surface area contributed by atoms with E-state index in [9.17, 15) is 24.2 Å². The summed E-state index contributed by atoms with van der Waals surface area (Å²) in [7, 11) is -4.40. The number of carbonyl (C=O) groups excluding carboxylic acids is 2. The van der Waals surface area contributed by atoms with Gasteiger partial charge in [0.15, 0.2) is 0 Å². The highest BCUT2D eigenvalue weighted by atomic mass is 31.2. The summed E-state index contributed by atoms with van der Waals surface area (Å²) in [5.74, 6) is -0.510. The normalized spacial score (nSPS) is 13.4. The van der Waals surface area contributed by atoms with E-state index in [0.717, 1.165) is 38.5 Å². The fourth-order valence-electron chi connectivity index (χ4n) is 5.20. The first-order chi connectivity index (χ1) is 21.8. The van der Waals surface area contributed by atoms with E-state index in [0.29, 0.717) is 6.42 Å². The molecule has 0 aromatic heterocycles. The molecule has 0 fully saturated rings. The zero-order valence-electron chi connectivity index (χ0n) is 29.1. The summed E-state index contributed by atoms with van der Waals surface area (Å²) in [6.45, 7) is 3.55. The lowest BCUT2D eigenvalue weighted by molar-refractivity contribution is -0.147. The topological polar surface area (TPSA) is 131 Å². The fourth-order valence-corrected chi connectivity index (χ4v) is 5.96. The third-order valence-electron chi connectivity index (χ3n) is 8.04. The van der Waals surface area contributed by atoms with Crippen LogP contribution < -0.4 is 5.32 Å². The van der Waals surface area contributed by atoms with E-state index in [4.69, 9.17) is 13.8 Å². The largest absolute Gasteiger partial charge is 0.472 e. The maximum Gasteiger partial charge on any atom is 0.472 e. The van der Waals surface area contributed by atoms with Crippen LogP contribution in [0.15, 0.2) is 0 Å². The molecule has 0 saturated carbocycles. The number of aliphatic hydroxyl groups is 1. The molecule has 10 heteroatoms. The molecule has 0 spiro atoms. The second-order valence-corrected chi connectivity index (χ2v) is 14.0. The van der Waals surface area contributed by atoms with Crippen LogP contribution >= 0.6 is 7.82 Å². The van der Waals surface area contributed by atoms with Crippen molar-refractivity contribution in [3.05, 3.63) is 0 Å². The summed E-state index contributed by atoms with van der Waals surface area (Å²) < 4.78 is 26.7. The summed E-state index contributed by atoms with van der Waals surface area (Å²) in [6, 6.07) is 0. The average Bonchev–Trinajstić information content (AvgIpc) is 3.02. The molecule has 0 rings (SSSR count). The van der Waals surface area contributed by atoms with Crippen molar-refractivity contribution >= 4 is 19.7 Å². The minimum Gasteiger partial charge on any atom is -0.463 e. The van der Waals surface area contributed by atoms with Gasteiger partial charge in [-0.2, -0.15) is 0 Å². The third kappa shape index (κ3) is 34.2. The predicted molar refractivity (Wildman–Crippen MR) is 183 cm³/mol. The Labute approximate surface area is 275 Å². The molecule has 2 unspecified atom stereocenters. The van der Waals surface area contributed by atoms with Gasteiger partial charge < -0.3 is 20.1 Å². The second kappa shape index (κ2) is 32.9. The minimum atomic E-state index is -4.40. The molecule has 0 bridgehead atoms. The van der Waals surface area contributed by atoms with Crippen molar-refractivity contribution in [1.29, 1.82) is 0 Å². The molecule has 9 nitrogen and oxygen atoms in total. The maximum absolute atomic E-state index is 12.0. The highest BCUT2D eigenvalue weighted by molar-refractivity contribution is 7.47. The standard InChI is InChI=1S/C35H70NO8P/c1-3-5-7-9-11-13-15-17-19-21-23-25-27-34(38)36-29-30-43-45(40,41)44-32-33(37)31-42-35(39)28-26-24-22-20-18-16-14-12-10-8-6-4-2/h33,37H,3-32H2,1-2H3,(H,36,38)(H,40,41). The van der Waals surface area contributed by atoms with Gasteiger partial charge in [-0.15, -0.1) is 0 Å². The summed E-state index contributed by atoms with van der Waals surface area (Å²) >= 11 is 0. The number of ether oxygens (including phenoxy) is 1. The first-order valence-corrected chi connectivity index (χ1v) is 20.0. The number of hydrogen-bond acceptors (Lipinski definition) is 7. The second-order valence-electron chi connectivity index (χ2n) is 12.6. The number of amides is 1. The molecule has 0 aromatic carbocycles. The van der Waals surface area contributed by atoms with Crippen molar-refractivity contribution in [1.82, 2.24) is 5.32 Å². The number of unbranched alkanes of at least 4 members (excludes halogenated alkanes) is 22. The monoisotopic (exact) mass is 663 g/mol. The lowest BCUT2D eigenvalue weighted by atomic mass is 10.0. The molecule has 0 aromatic rings. The van der Waals surface area contributed by atoms with E-state index < -0.39 is 26.5 Å². The van der Waals surface area contributed by atoms with Gasteiger partial charge in [0.25, 0.3) is 0 Å². The Morgan fingerprint density at radius 3 is 1.44 bits per heavy atom. The lowest BCUT2D eigenvalue weighted by Crippen LogP contribution is -2.27. The number of phosphoric acid groups is 1. The number of carbonyl (C=O) groups is 2. The third-order valence-corrected chi connectivity index (χ3v) is 9.02. The van der Waals surface area contributed by atoms with Crippen LogP contribution in [0, 0.1) is 0 Å². The average molecular weight is 664 g/mol. The Morgan fingerprint density at radius 1 is 0.600 bits per heavy atom. The molecule has 268 valence electrons. The maximum atomic E-state index is 12.0. The molecular weight excluding hydrogens is 593 g/mol. The van der Waals surface area contributed by atoms with E-state index in [1.54, 1.807) is 0 Å². The van der Waals surface area contributed by atoms with Gasteiger partial charge in [0.1, 0.15) is 12.7 Å². The van der Waals surface area contributed by atoms with Crippen LogP contribution in [0.5, 0.6) is 0 Å². The molecule has 0 radical (unpaired) electrons. The van der Waals surface area contributed by atoms with Gasteiger partial charge in [-0.1, -0.05) is 155 Å². The first-order valence-electron chi connectivity index (χ1n) is 18.5. The predicted octanol–water partition coefficient (Wildman–Crippen LogP) is 9.32. The van der Waals surface area contributed by atoms with Crippen molar-refractivity contribution in [2.45, 2.75) is 187 Å². The Balaban J connectivity index is 3.61. The number of phosphoric ester groups is 1. The quantitative estimate of drug-likeness (QED) is 0.0347. The zero-order valence-corrected chi connectivity index (χ0v) is 30.0. The molecular formula is C35H70NO8P. The van der Waals surface area contributed by atoms with E-state index >= 15 is 0 Å². The van der Waals surface area contributed by atoms with Crippen LogP contribution in [0.2, 0.25) is 0 Å². The SMILES string of the molecule is CCCCCCCCCCCCCCC(=O)NCCOP(=O)(O)OCC(O)COC(=O)CCCCCCCCCCCCCC. The van der Waals surface area contributed by atoms with Gasteiger partial charge in [-0.3, -0.25) is 18.6 Å². The molecule has 0 aliphatic heterocycles. The number of rotatable bonds is 35. The van der Waals surface area contributed by atoms with E-state index in [2.05, 4.69) is 19.2 Å². The Kier molecular flexibility index (Phi) is 32.2. The molecule has 0 aliphatic carbocycles. The molecule has 0 heterocycles. The van der Waals surface area contributed by atoms with Crippen molar-refractivity contribution in [3.63, 3.8) is 0 Å². The van der Waals surface area contributed by atoms with Gasteiger partial charge in [-0.05, 0) is 12.8 Å². The van der Waals surface area contributed by atoms with Gasteiger partial charge in [0.05, 0.1) is 13.2 Å². The fraction of sp³-hybridized carbons (Fsp3) is 0.943. The molecule has 0 saturated heterocycles. The molecule has 45 heavy (non-hydrogen) atoms. The van der Waals surface area contributed by atoms with Gasteiger partial charge in [0, 0.05) is 19.4 Å². The first kappa shape index (κ1) is 44.0. The molecule has 2 atom stereocenters. The van der Waals surface area contributed by atoms with Crippen LogP contribution in [-0.2, 0) is 27.9 Å². The van der Waals surface area contributed by atoms with Crippen LogP contribution in [0.1, 0.15) is 181 Å². The van der Waals surface area contributed by atoms with Crippen LogP contribution in [0.3, 0.4) is 0 Å².